The number of unbranched alkanes of at least 4 members (excludes halogenated alkanes) is 9. The van der Waals surface area contributed by atoms with Crippen molar-refractivity contribution in [3.63, 3.8) is 0 Å². The number of rotatable bonds is 13. The Morgan fingerprint density at radius 2 is 1.29 bits per heavy atom. The standard InChI is InChI=1S/C19H40N2/c1-3-5-6-7-8-9-10-11-12-13-16-21-17-14-19(15-18-21)20-4-2/h19-20H,3-18H2,1-2H3. The molecule has 21 heavy (non-hydrogen) atoms. The first-order valence-electron chi connectivity index (χ1n) is 9.82. The summed E-state index contributed by atoms with van der Waals surface area (Å²) in [5.74, 6) is 0. The molecule has 1 aliphatic rings. The molecule has 1 N–H and O–H groups in total. The average molecular weight is 297 g/mol. The lowest BCUT2D eigenvalue weighted by Crippen LogP contribution is -2.42. The molecule has 1 aliphatic heterocycles. The van der Waals surface area contributed by atoms with Gasteiger partial charge in [-0.2, -0.15) is 0 Å². The van der Waals surface area contributed by atoms with Gasteiger partial charge in [-0.1, -0.05) is 71.6 Å². The second-order valence-corrected chi connectivity index (χ2v) is 6.86. The highest BCUT2D eigenvalue weighted by molar-refractivity contribution is 4.76. The Bertz CT molecular complexity index is 210. The molecule has 2 heteroatoms. The predicted molar refractivity (Wildman–Crippen MR) is 95.0 cm³/mol. The fraction of sp³-hybridized carbons (Fsp3) is 1.00. The lowest BCUT2D eigenvalue weighted by molar-refractivity contribution is 0.195. The van der Waals surface area contributed by atoms with Crippen molar-refractivity contribution in [2.24, 2.45) is 0 Å². The van der Waals surface area contributed by atoms with Gasteiger partial charge in [0.25, 0.3) is 0 Å². The molecular weight excluding hydrogens is 256 g/mol. The van der Waals surface area contributed by atoms with Gasteiger partial charge in [0.15, 0.2) is 0 Å². The van der Waals surface area contributed by atoms with Gasteiger partial charge in [-0.25, -0.2) is 0 Å². The summed E-state index contributed by atoms with van der Waals surface area (Å²) < 4.78 is 0. The van der Waals surface area contributed by atoms with E-state index < -0.39 is 0 Å². The smallest absolute Gasteiger partial charge is 0.00912 e. The van der Waals surface area contributed by atoms with Crippen LogP contribution in [0.1, 0.15) is 90.9 Å². The lowest BCUT2D eigenvalue weighted by atomic mass is 10.0. The molecule has 0 aromatic rings. The highest BCUT2D eigenvalue weighted by Crippen LogP contribution is 2.13. The van der Waals surface area contributed by atoms with Crippen molar-refractivity contribution in [1.29, 1.82) is 0 Å². The molecule has 2 nitrogen and oxygen atoms in total. The average Bonchev–Trinajstić information content (AvgIpc) is 2.51. The summed E-state index contributed by atoms with van der Waals surface area (Å²) in [4.78, 5) is 2.68. The quantitative estimate of drug-likeness (QED) is 0.482. The highest BCUT2D eigenvalue weighted by Gasteiger charge is 2.17. The van der Waals surface area contributed by atoms with Crippen LogP contribution in [0.15, 0.2) is 0 Å². The number of hydrogen-bond donors (Lipinski definition) is 1. The van der Waals surface area contributed by atoms with Crippen LogP contribution in [-0.4, -0.2) is 37.1 Å². The van der Waals surface area contributed by atoms with Crippen molar-refractivity contribution in [1.82, 2.24) is 10.2 Å². The number of hydrogen-bond acceptors (Lipinski definition) is 2. The van der Waals surface area contributed by atoms with E-state index in [1.807, 2.05) is 0 Å². The molecule has 1 saturated heterocycles. The maximum Gasteiger partial charge on any atom is 0.00912 e. The van der Waals surface area contributed by atoms with Crippen molar-refractivity contribution in [3.8, 4) is 0 Å². The minimum Gasteiger partial charge on any atom is -0.314 e. The van der Waals surface area contributed by atoms with Gasteiger partial charge < -0.3 is 10.2 Å². The van der Waals surface area contributed by atoms with Gasteiger partial charge in [0.2, 0.25) is 0 Å². The predicted octanol–water partition coefficient (Wildman–Crippen LogP) is 4.98. The van der Waals surface area contributed by atoms with E-state index in [1.165, 1.54) is 96.7 Å². The second kappa shape index (κ2) is 13.6. The summed E-state index contributed by atoms with van der Waals surface area (Å²) in [7, 11) is 0. The molecule has 1 fully saturated rings. The molecule has 0 aromatic carbocycles. The third-order valence-corrected chi connectivity index (χ3v) is 4.91. The van der Waals surface area contributed by atoms with E-state index in [0.29, 0.717) is 0 Å². The molecular formula is C19H40N2. The normalized spacial score (nSPS) is 17.4. The fourth-order valence-electron chi connectivity index (χ4n) is 3.47. The zero-order valence-electron chi connectivity index (χ0n) is 14.8. The molecule has 1 rings (SSSR count). The molecule has 0 atom stereocenters. The molecule has 0 spiro atoms. The molecule has 0 unspecified atom stereocenters. The second-order valence-electron chi connectivity index (χ2n) is 6.86. The van der Waals surface area contributed by atoms with E-state index in [1.54, 1.807) is 0 Å². The third kappa shape index (κ3) is 10.3. The van der Waals surface area contributed by atoms with E-state index in [0.717, 1.165) is 12.6 Å². The van der Waals surface area contributed by atoms with Crippen molar-refractivity contribution >= 4 is 0 Å². The van der Waals surface area contributed by atoms with Gasteiger partial charge >= 0.3 is 0 Å². The number of piperidine rings is 1. The summed E-state index contributed by atoms with van der Waals surface area (Å²) in [5, 5.41) is 3.59. The maximum absolute atomic E-state index is 3.59. The van der Waals surface area contributed by atoms with Gasteiger partial charge in [0.1, 0.15) is 0 Å². The molecule has 0 aromatic heterocycles. The van der Waals surface area contributed by atoms with Crippen LogP contribution in [0.5, 0.6) is 0 Å². The lowest BCUT2D eigenvalue weighted by Gasteiger charge is -2.32. The van der Waals surface area contributed by atoms with Crippen LogP contribution in [-0.2, 0) is 0 Å². The van der Waals surface area contributed by atoms with Gasteiger partial charge in [-0.05, 0) is 45.4 Å². The Balaban J connectivity index is 1.80. The number of likely N-dealkylation sites (tertiary alicyclic amines) is 1. The SMILES string of the molecule is CCCCCCCCCCCCN1CCC(NCC)CC1. The van der Waals surface area contributed by atoms with Crippen molar-refractivity contribution in [2.75, 3.05) is 26.2 Å². The Morgan fingerprint density at radius 3 is 1.81 bits per heavy atom. The molecule has 0 amide bonds. The summed E-state index contributed by atoms with van der Waals surface area (Å²) >= 11 is 0. The van der Waals surface area contributed by atoms with E-state index in [-0.39, 0.29) is 0 Å². The summed E-state index contributed by atoms with van der Waals surface area (Å²) in [6, 6.07) is 0.791. The van der Waals surface area contributed by atoms with Crippen molar-refractivity contribution < 1.29 is 0 Å². The first-order valence-corrected chi connectivity index (χ1v) is 9.82. The summed E-state index contributed by atoms with van der Waals surface area (Å²) in [5.41, 5.74) is 0. The van der Waals surface area contributed by atoms with Crippen LogP contribution in [0, 0.1) is 0 Å². The van der Waals surface area contributed by atoms with Gasteiger partial charge in [-0.15, -0.1) is 0 Å². The van der Waals surface area contributed by atoms with Crippen molar-refractivity contribution in [2.45, 2.75) is 96.9 Å². The highest BCUT2D eigenvalue weighted by atomic mass is 15.1. The van der Waals surface area contributed by atoms with Crippen LogP contribution in [0.2, 0.25) is 0 Å². The van der Waals surface area contributed by atoms with E-state index in [9.17, 15) is 0 Å². The monoisotopic (exact) mass is 296 g/mol. The zero-order valence-corrected chi connectivity index (χ0v) is 14.8. The Labute approximate surface area is 134 Å². The fourth-order valence-corrected chi connectivity index (χ4v) is 3.47. The van der Waals surface area contributed by atoms with Gasteiger partial charge in [0.05, 0.1) is 0 Å². The largest absolute Gasteiger partial charge is 0.314 e. The van der Waals surface area contributed by atoms with Crippen LogP contribution in [0.25, 0.3) is 0 Å². The van der Waals surface area contributed by atoms with E-state index in [4.69, 9.17) is 0 Å². The van der Waals surface area contributed by atoms with Crippen LogP contribution < -0.4 is 5.32 Å². The first kappa shape index (κ1) is 19.0. The molecule has 0 aliphatic carbocycles. The molecule has 1 heterocycles. The van der Waals surface area contributed by atoms with Crippen LogP contribution in [0.3, 0.4) is 0 Å². The Hall–Kier alpha value is -0.0800. The zero-order chi connectivity index (χ0) is 15.2. The molecule has 0 saturated carbocycles. The Morgan fingerprint density at radius 1 is 0.762 bits per heavy atom. The maximum atomic E-state index is 3.59. The van der Waals surface area contributed by atoms with Crippen LogP contribution >= 0.6 is 0 Å². The summed E-state index contributed by atoms with van der Waals surface area (Å²) in [6.07, 6.45) is 17.2. The topological polar surface area (TPSA) is 15.3 Å². The number of nitrogens with one attached hydrogen (secondary N) is 1. The van der Waals surface area contributed by atoms with E-state index in [2.05, 4.69) is 24.1 Å². The van der Waals surface area contributed by atoms with Crippen molar-refractivity contribution in [3.05, 3.63) is 0 Å². The first-order chi connectivity index (χ1) is 10.4. The number of nitrogens with zero attached hydrogens (tertiary/aromatic N) is 1. The van der Waals surface area contributed by atoms with Gasteiger partial charge in [0, 0.05) is 6.04 Å². The van der Waals surface area contributed by atoms with Gasteiger partial charge in [-0.3, -0.25) is 0 Å². The Kier molecular flexibility index (Phi) is 12.3. The molecule has 0 radical (unpaired) electrons. The third-order valence-electron chi connectivity index (χ3n) is 4.91. The molecule has 126 valence electrons. The minimum atomic E-state index is 0.791. The van der Waals surface area contributed by atoms with Crippen LogP contribution in [0.4, 0.5) is 0 Å². The van der Waals surface area contributed by atoms with E-state index >= 15 is 0 Å². The minimum absolute atomic E-state index is 0.791. The summed E-state index contributed by atoms with van der Waals surface area (Å²) in [6.45, 7) is 9.61. The molecule has 0 bridgehead atoms.